The van der Waals surface area contributed by atoms with Crippen LogP contribution >= 0.6 is 0 Å². The summed E-state index contributed by atoms with van der Waals surface area (Å²) in [6.45, 7) is 0.800. The second-order valence-electron chi connectivity index (χ2n) is 4.86. The molecule has 0 radical (unpaired) electrons. The van der Waals surface area contributed by atoms with Crippen LogP contribution in [-0.2, 0) is 4.74 Å². The molecule has 4 heterocycles. The largest absolute Gasteiger partial charge is 0.370 e. The van der Waals surface area contributed by atoms with E-state index < -0.39 is 0 Å². The first-order valence-corrected chi connectivity index (χ1v) is 6.79. The first-order valence-electron chi connectivity index (χ1n) is 6.79. The quantitative estimate of drug-likeness (QED) is 0.715. The minimum atomic E-state index is 0.0457. The van der Waals surface area contributed by atoms with Crippen molar-refractivity contribution >= 4 is 11.2 Å². The maximum absolute atomic E-state index is 5.80. The van der Waals surface area contributed by atoms with Gasteiger partial charge < -0.3 is 4.74 Å². The van der Waals surface area contributed by atoms with Crippen LogP contribution in [0.25, 0.3) is 16.9 Å². The highest BCUT2D eigenvalue weighted by Gasteiger charge is 2.25. The van der Waals surface area contributed by atoms with Gasteiger partial charge in [0.25, 0.3) is 0 Å². The standard InChI is InChI=1S/C15H14N4O/c1-4-11(10-16-7-1)19-14-12(5-2-8-17-14)18-15(19)13-6-3-9-20-13/h1-2,4-5,7-8,10,13H,3,6,9H2. The van der Waals surface area contributed by atoms with Crippen molar-refractivity contribution in [2.75, 3.05) is 6.61 Å². The molecule has 5 heteroatoms. The molecular formula is C15H14N4O. The zero-order valence-electron chi connectivity index (χ0n) is 10.9. The van der Waals surface area contributed by atoms with Crippen LogP contribution in [0.4, 0.5) is 0 Å². The number of hydrogen-bond acceptors (Lipinski definition) is 4. The lowest BCUT2D eigenvalue weighted by Crippen LogP contribution is -2.07. The lowest BCUT2D eigenvalue weighted by atomic mass is 10.2. The summed E-state index contributed by atoms with van der Waals surface area (Å²) in [5.41, 5.74) is 2.71. The van der Waals surface area contributed by atoms with Crippen LogP contribution in [0.15, 0.2) is 42.9 Å². The molecule has 100 valence electrons. The zero-order valence-corrected chi connectivity index (χ0v) is 10.9. The fourth-order valence-corrected chi connectivity index (χ4v) is 2.67. The fraction of sp³-hybridized carbons (Fsp3) is 0.267. The molecule has 20 heavy (non-hydrogen) atoms. The topological polar surface area (TPSA) is 52.8 Å². The summed E-state index contributed by atoms with van der Waals surface area (Å²) in [6.07, 6.45) is 7.51. The van der Waals surface area contributed by atoms with Crippen molar-refractivity contribution in [3.63, 3.8) is 0 Å². The summed E-state index contributed by atoms with van der Waals surface area (Å²) in [5.74, 6) is 0.921. The highest BCUT2D eigenvalue weighted by molar-refractivity contribution is 5.73. The number of imidazole rings is 1. The number of rotatable bonds is 2. The number of fused-ring (bicyclic) bond motifs is 1. The summed E-state index contributed by atoms with van der Waals surface area (Å²) < 4.78 is 7.85. The molecule has 1 unspecified atom stereocenters. The lowest BCUT2D eigenvalue weighted by molar-refractivity contribution is 0.104. The molecule has 0 saturated carbocycles. The van der Waals surface area contributed by atoms with Gasteiger partial charge in [0.2, 0.25) is 0 Å². The van der Waals surface area contributed by atoms with E-state index >= 15 is 0 Å². The molecule has 1 fully saturated rings. The van der Waals surface area contributed by atoms with E-state index in [2.05, 4.69) is 14.5 Å². The van der Waals surface area contributed by atoms with Crippen LogP contribution in [0.1, 0.15) is 24.8 Å². The summed E-state index contributed by atoms with van der Waals surface area (Å²) in [5, 5.41) is 0. The Morgan fingerprint density at radius 2 is 2.15 bits per heavy atom. The van der Waals surface area contributed by atoms with Crippen molar-refractivity contribution in [1.82, 2.24) is 19.5 Å². The SMILES string of the molecule is c1cncc(-n2c(C3CCCO3)nc3cccnc32)c1. The van der Waals surface area contributed by atoms with Crippen LogP contribution in [0.3, 0.4) is 0 Å². The van der Waals surface area contributed by atoms with Crippen LogP contribution in [0.5, 0.6) is 0 Å². The minimum Gasteiger partial charge on any atom is -0.370 e. The van der Waals surface area contributed by atoms with Gasteiger partial charge in [-0.1, -0.05) is 0 Å². The van der Waals surface area contributed by atoms with Crippen LogP contribution in [-0.4, -0.2) is 26.1 Å². The Morgan fingerprint density at radius 3 is 2.95 bits per heavy atom. The van der Waals surface area contributed by atoms with Crippen LogP contribution in [0, 0.1) is 0 Å². The Hall–Kier alpha value is -2.27. The van der Waals surface area contributed by atoms with Gasteiger partial charge in [0.15, 0.2) is 5.65 Å². The summed E-state index contributed by atoms with van der Waals surface area (Å²) >= 11 is 0. The second-order valence-corrected chi connectivity index (χ2v) is 4.86. The second kappa shape index (κ2) is 4.68. The smallest absolute Gasteiger partial charge is 0.164 e. The molecule has 0 aliphatic carbocycles. The van der Waals surface area contributed by atoms with E-state index in [0.29, 0.717) is 0 Å². The normalized spacial score (nSPS) is 18.7. The maximum Gasteiger partial charge on any atom is 0.164 e. The molecule has 0 spiro atoms. The lowest BCUT2D eigenvalue weighted by Gasteiger charge is -2.12. The monoisotopic (exact) mass is 266 g/mol. The zero-order chi connectivity index (χ0) is 13.4. The number of ether oxygens (including phenoxy) is 1. The van der Waals surface area contributed by atoms with Crippen molar-refractivity contribution < 1.29 is 4.74 Å². The average Bonchev–Trinajstić information content (AvgIpc) is 3.15. The van der Waals surface area contributed by atoms with Crippen molar-refractivity contribution in [3.05, 3.63) is 48.7 Å². The Labute approximate surface area is 116 Å². The van der Waals surface area contributed by atoms with Gasteiger partial charge in [0.1, 0.15) is 17.4 Å². The van der Waals surface area contributed by atoms with Gasteiger partial charge in [-0.25, -0.2) is 9.97 Å². The third-order valence-electron chi connectivity index (χ3n) is 3.56. The van der Waals surface area contributed by atoms with Gasteiger partial charge in [0, 0.05) is 19.0 Å². The molecule has 1 aliphatic rings. The predicted molar refractivity (Wildman–Crippen MR) is 74.6 cm³/mol. The fourth-order valence-electron chi connectivity index (χ4n) is 2.67. The average molecular weight is 266 g/mol. The molecule has 3 aromatic rings. The molecule has 0 amide bonds. The van der Waals surface area contributed by atoms with Gasteiger partial charge in [0.05, 0.1) is 11.9 Å². The predicted octanol–water partition coefficient (Wildman–Crippen LogP) is 2.67. The molecule has 5 nitrogen and oxygen atoms in total. The molecule has 1 aliphatic heterocycles. The molecule has 0 bridgehead atoms. The Kier molecular flexibility index (Phi) is 2.70. The number of hydrogen-bond donors (Lipinski definition) is 0. The van der Waals surface area contributed by atoms with E-state index in [4.69, 9.17) is 9.72 Å². The summed E-state index contributed by atoms with van der Waals surface area (Å²) in [7, 11) is 0. The van der Waals surface area contributed by atoms with E-state index in [0.717, 1.165) is 42.1 Å². The molecular weight excluding hydrogens is 252 g/mol. The van der Waals surface area contributed by atoms with Crippen molar-refractivity contribution in [3.8, 4) is 5.69 Å². The van der Waals surface area contributed by atoms with Gasteiger partial charge in [-0.2, -0.15) is 0 Å². The van der Waals surface area contributed by atoms with E-state index in [1.54, 1.807) is 12.4 Å². The van der Waals surface area contributed by atoms with Crippen LogP contribution in [0.2, 0.25) is 0 Å². The minimum absolute atomic E-state index is 0.0457. The van der Waals surface area contributed by atoms with Crippen molar-refractivity contribution in [2.45, 2.75) is 18.9 Å². The van der Waals surface area contributed by atoms with E-state index in [-0.39, 0.29) is 6.10 Å². The van der Waals surface area contributed by atoms with Crippen LogP contribution < -0.4 is 0 Å². The number of aromatic nitrogens is 4. The highest BCUT2D eigenvalue weighted by atomic mass is 16.5. The maximum atomic E-state index is 5.80. The van der Waals surface area contributed by atoms with E-state index in [1.165, 1.54) is 0 Å². The van der Waals surface area contributed by atoms with Gasteiger partial charge in [-0.05, 0) is 37.1 Å². The summed E-state index contributed by atoms with van der Waals surface area (Å²) in [6, 6.07) is 7.82. The molecule has 1 saturated heterocycles. The van der Waals surface area contributed by atoms with E-state index in [9.17, 15) is 0 Å². The van der Waals surface area contributed by atoms with Gasteiger partial charge in [-0.15, -0.1) is 0 Å². The van der Waals surface area contributed by atoms with E-state index in [1.807, 2.05) is 30.5 Å². The van der Waals surface area contributed by atoms with Crippen molar-refractivity contribution in [1.29, 1.82) is 0 Å². The molecule has 0 aromatic carbocycles. The first kappa shape index (κ1) is 11.5. The van der Waals surface area contributed by atoms with Gasteiger partial charge >= 0.3 is 0 Å². The Bertz CT molecular complexity index is 732. The third kappa shape index (κ3) is 1.78. The Balaban J connectivity index is 1.98. The molecule has 1 atom stereocenters. The highest BCUT2D eigenvalue weighted by Crippen LogP contribution is 2.31. The molecule has 4 rings (SSSR count). The molecule has 0 N–H and O–H groups in total. The Morgan fingerprint density at radius 1 is 1.20 bits per heavy atom. The third-order valence-corrected chi connectivity index (χ3v) is 3.56. The van der Waals surface area contributed by atoms with Gasteiger partial charge in [-0.3, -0.25) is 9.55 Å². The number of nitrogens with zero attached hydrogens (tertiary/aromatic N) is 4. The van der Waals surface area contributed by atoms with Crippen molar-refractivity contribution in [2.24, 2.45) is 0 Å². The first-order chi connectivity index (χ1) is 9.93. The summed E-state index contributed by atoms with van der Waals surface area (Å²) in [4.78, 5) is 13.4. The molecule has 3 aromatic heterocycles. The number of pyridine rings is 2.